The monoisotopic (exact) mass is 319 g/mol. The average molecular weight is 319 g/mol. The molecule has 0 bridgehead atoms. The SMILES string of the molecule is CCNc1nnc(C(=O)Nc2nc3ccc(C)cc3s2)s1. The van der Waals surface area contributed by atoms with Crippen molar-refractivity contribution in [3.8, 4) is 0 Å². The molecule has 0 fully saturated rings. The summed E-state index contributed by atoms with van der Waals surface area (Å²) in [6.45, 7) is 4.73. The van der Waals surface area contributed by atoms with Gasteiger partial charge in [0.1, 0.15) is 0 Å². The van der Waals surface area contributed by atoms with Crippen LogP contribution >= 0.6 is 22.7 Å². The molecular formula is C13H13N5OS2. The van der Waals surface area contributed by atoms with Crippen molar-refractivity contribution in [1.29, 1.82) is 0 Å². The van der Waals surface area contributed by atoms with Gasteiger partial charge in [-0.2, -0.15) is 0 Å². The van der Waals surface area contributed by atoms with Crippen molar-refractivity contribution in [2.75, 3.05) is 17.2 Å². The Bertz CT molecular complexity index is 795. The predicted octanol–water partition coefficient (Wildman–Crippen LogP) is 3.14. The van der Waals surface area contributed by atoms with Gasteiger partial charge in [0.15, 0.2) is 5.13 Å². The molecule has 2 aromatic heterocycles. The molecule has 3 aromatic rings. The van der Waals surface area contributed by atoms with Crippen molar-refractivity contribution in [1.82, 2.24) is 15.2 Å². The average Bonchev–Trinajstić information content (AvgIpc) is 3.05. The molecule has 0 aliphatic heterocycles. The van der Waals surface area contributed by atoms with Crippen LogP contribution in [0.25, 0.3) is 10.2 Å². The van der Waals surface area contributed by atoms with Crippen LogP contribution in [0.2, 0.25) is 0 Å². The van der Waals surface area contributed by atoms with Crippen LogP contribution in [0.5, 0.6) is 0 Å². The molecular weight excluding hydrogens is 306 g/mol. The maximum Gasteiger partial charge on any atom is 0.288 e. The Morgan fingerprint density at radius 1 is 1.24 bits per heavy atom. The highest BCUT2D eigenvalue weighted by atomic mass is 32.1. The zero-order valence-electron chi connectivity index (χ0n) is 11.5. The van der Waals surface area contributed by atoms with Crippen molar-refractivity contribution < 1.29 is 4.79 Å². The van der Waals surface area contributed by atoms with Crippen LogP contribution in [0.15, 0.2) is 18.2 Å². The molecule has 8 heteroatoms. The summed E-state index contributed by atoms with van der Waals surface area (Å²) in [5.41, 5.74) is 2.05. The third-order valence-electron chi connectivity index (χ3n) is 2.71. The van der Waals surface area contributed by atoms with Gasteiger partial charge in [0.2, 0.25) is 10.1 Å². The number of hydrogen-bond acceptors (Lipinski definition) is 7. The number of aryl methyl sites for hydroxylation is 1. The van der Waals surface area contributed by atoms with E-state index in [1.54, 1.807) is 0 Å². The highest BCUT2D eigenvalue weighted by Crippen LogP contribution is 2.27. The fraction of sp³-hybridized carbons (Fsp3) is 0.231. The Labute approximate surface area is 129 Å². The van der Waals surface area contributed by atoms with Crippen molar-refractivity contribution >= 4 is 49.1 Å². The van der Waals surface area contributed by atoms with Gasteiger partial charge in [0.25, 0.3) is 5.91 Å². The lowest BCUT2D eigenvalue weighted by Gasteiger charge is -1.95. The van der Waals surface area contributed by atoms with Crippen LogP contribution in [0.3, 0.4) is 0 Å². The van der Waals surface area contributed by atoms with Gasteiger partial charge in [-0.05, 0) is 31.5 Å². The fourth-order valence-electron chi connectivity index (χ4n) is 1.77. The minimum absolute atomic E-state index is 0.285. The molecule has 3 rings (SSSR count). The third kappa shape index (κ3) is 3.01. The summed E-state index contributed by atoms with van der Waals surface area (Å²) in [5, 5.41) is 15.1. The fourth-order valence-corrected chi connectivity index (χ4v) is 3.44. The number of anilines is 2. The zero-order valence-corrected chi connectivity index (χ0v) is 13.1. The highest BCUT2D eigenvalue weighted by molar-refractivity contribution is 7.22. The first-order valence-corrected chi connectivity index (χ1v) is 8.05. The first-order valence-electron chi connectivity index (χ1n) is 6.41. The molecule has 0 atom stereocenters. The molecule has 2 heterocycles. The number of carbonyl (C=O) groups excluding carboxylic acids is 1. The lowest BCUT2D eigenvalue weighted by atomic mass is 10.2. The van der Waals surface area contributed by atoms with Crippen LogP contribution in [0.4, 0.5) is 10.3 Å². The number of rotatable bonds is 4. The van der Waals surface area contributed by atoms with E-state index in [0.717, 1.165) is 16.8 Å². The minimum atomic E-state index is -0.285. The van der Waals surface area contributed by atoms with E-state index >= 15 is 0 Å². The second-order valence-corrected chi connectivity index (χ2v) is 6.40. The Kier molecular flexibility index (Phi) is 3.80. The van der Waals surface area contributed by atoms with Gasteiger partial charge in [-0.1, -0.05) is 28.7 Å². The Hall–Kier alpha value is -2.06. The summed E-state index contributed by atoms with van der Waals surface area (Å²) in [6.07, 6.45) is 0. The van der Waals surface area contributed by atoms with E-state index in [0.29, 0.717) is 15.3 Å². The second kappa shape index (κ2) is 5.74. The van der Waals surface area contributed by atoms with Gasteiger partial charge in [-0.15, -0.1) is 10.2 Å². The van der Waals surface area contributed by atoms with Crippen molar-refractivity contribution in [2.45, 2.75) is 13.8 Å². The summed E-state index contributed by atoms with van der Waals surface area (Å²) >= 11 is 2.67. The molecule has 0 spiro atoms. The number of hydrogen-bond donors (Lipinski definition) is 2. The van der Waals surface area contributed by atoms with E-state index in [-0.39, 0.29) is 5.91 Å². The van der Waals surface area contributed by atoms with Crippen LogP contribution < -0.4 is 10.6 Å². The number of fused-ring (bicyclic) bond motifs is 1. The van der Waals surface area contributed by atoms with Crippen LogP contribution in [-0.2, 0) is 0 Å². The molecule has 1 aromatic carbocycles. The predicted molar refractivity (Wildman–Crippen MR) is 86.4 cm³/mol. The van der Waals surface area contributed by atoms with Crippen LogP contribution in [-0.4, -0.2) is 27.6 Å². The zero-order chi connectivity index (χ0) is 14.8. The molecule has 0 saturated carbocycles. The van der Waals surface area contributed by atoms with Crippen molar-refractivity contribution in [3.63, 3.8) is 0 Å². The van der Waals surface area contributed by atoms with Gasteiger partial charge >= 0.3 is 0 Å². The maximum absolute atomic E-state index is 12.1. The smallest absolute Gasteiger partial charge is 0.288 e. The molecule has 0 radical (unpaired) electrons. The van der Waals surface area contributed by atoms with Crippen molar-refractivity contribution in [3.05, 3.63) is 28.8 Å². The number of carbonyl (C=O) groups is 1. The minimum Gasteiger partial charge on any atom is -0.360 e. The molecule has 0 aliphatic rings. The van der Waals surface area contributed by atoms with Crippen LogP contribution in [0.1, 0.15) is 22.3 Å². The van der Waals surface area contributed by atoms with E-state index in [2.05, 4.69) is 31.9 Å². The second-order valence-electron chi connectivity index (χ2n) is 4.39. The number of aromatic nitrogens is 3. The topological polar surface area (TPSA) is 79.8 Å². The first kappa shape index (κ1) is 13.9. The Morgan fingerprint density at radius 2 is 2.10 bits per heavy atom. The van der Waals surface area contributed by atoms with Gasteiger partial charge in [-0.25, -0.2) is 4.98 Å². The summed E-state index contributed by atoms with van der Waals surface area (Å²) < 4.78 is 1.05. The Balaban J connectivity index is 1.78. The van der Waals surface area contributed by atoms with E-state index in [1.807, 2.05) is 26.0 Å². The summed E-state index contributed by atoms with van der Waals surface area (Å²) in [5.74, 6) is -0.285. The summed E-state index contributed by atoms with van der Waals surface area (Å²) in [7, 11) is 0. The summed E-state index contributed by atoms with van der Waals surface area (Å²) in [6, 6.07) is 6.00. The maximum atomic E-state index is 12.1. The number of benzene rings is 1. The molecule has 21 heavy (non-hydrogen) atoms. The molecule has 0 aliphatic carbocycles. The summed E-state index contributed by atoms with van der Waals surface area (Å²) in [4.78, 5) is 16.5. The first-order chi connectivity index (χ1) is 10.2. The number of thiazole rings is 1. The molecule has 0 unspecified atom stereocenters. The van der Waals surface area contributed by atoms with Crippen molar-refractivity contribution in [2.24, 2.45) is 0 Å². The van der Waals surface area contributed by atoms with E-state index in [9.17, 15) is 4.79 Å². The standard InChI is InChI=1S/C13H13N5OS2/c1-3-14-12-18-17-11(21-12)10(19)16-13-15-8-5-4-7(2)6-9(8)20-13/h4-6H,3H2,1-2H3,(H,14,18)(H,15,16,19). The van der Waals surface area contributed by atoms with Gasteiger partial charge in [0, 0.05) is 6.54 Å². The number of nitrogens with one attached hydrogen (secondary N) is 2. The van der Waals surface area contributed by atoms with E-state index in [1.165, 1.54) is 28.2 Å². The van der Waals surface area contributed by atoms with E-state index < -0.39 is 0 Å². The van der Waals surface area contributed by atoms with E-state index in [4.69, 9.17) is 0 Å². The molecule has 6 nitrogen and oxygen atoms in total. The molecule has 0 saturated heterocycles. The normalized spacial score (nSPS) is 10.8. The van der Waals surface area contributed by atoms with Gasteiger partial charge < -0.3 is 5.32 Å². The Morgan fingerprint density at radius 3 is 2.90 bits per heavy atom. The van der Waals surface area contributed by atoms with Crippen LogP contribution in [0, 0.1) is 6.92 Å². The largest absolute Gasteiger partial charge is 0.360 e. The third-order valence-corrected chi connectivity index (χ3v) is 4.52. The molecule has 1 amide bonds. The number of nitrogens with zero attached hydrogens (tertiary/aromatic N) is 3. The molecule has 108 valence electrons. The lowest BCUT2D eigenvalue weighted by molar-refractivity contribution is 0.102. The van der Waals surface area contributed by atoms with Gasteiger partial charge in [-0.3, -0.25) is 10.1 Å². The lowest BCUT2D eigenvalue weighted by Crippen LogP contribution is -2.11. The quantitative estimate of drug-likeness (QED) is 0.772. The highest BCUT2D eigenvalue weighted by Gasteiger charge is 2.14. The number of amides is 1. The van der Waals surface area contributed by atoms with Gasteiger partial charge in [0.05, 0.1) is 10.2 Å². The molecule has 2 N–H and O–H groups in total.